The first-order valence-electron chi connectivity index (χ1n) is 5.52. The van der Waals surface area contributed by atoms with Crippen LogP contribution in [0.2, 0.25) is 0 Å². The molecule has 0 amide bonds. The van der Waals surface area contributed by atoms with Gasteiger partial charge in [-0.1, -0.05) is 24.3 Å². The largest absolute Gasteiger partial charge is 0.465 e. The predicted octanol–water partition coefficient (Wildman–Crippen LogP) is 1.85. The molecule has 86 valence electrons. The van der Waals surface area contributed by atoms with E-state index in [1.165, 1.54) is 0 Å². The Morgan fingerprint density at radius 3 is 2.88 bits per heavy atom. The summed E-state index contributed by atoms with van der Waals surface area (Å²) in [5.41, 5.74) is 1.04. The van der Waals surface area contributed by atoms with Crippen molar-refractivity contribution in [2.24, 2.45) is 5.41 Å². The zero-order valence-electron chi connectivity index (χ0n) is 9.56. The summed E-state index contributed by atoms with van der Waals surface area (Å²) in [5, 5.41) is 10.2. The van der Waals surface area contributed by atoms with E-state index in [9.17, 15) is 9.90 Å². The van der Waals surface area contributed by atoms with Crippen molar-refractivity contribution >= 4 is 5.97 Å². The zero-order chi connectivity index (χ0) is 11.8. The van der Waals surface area contributed by atoms with Crippen molar-refractivity contribution in [2.75, 3.05) is 6.61 Å². The van der Waals surface area contributed by atoms with Gasteiger partial charge >= 0.3 is 5.97 Å². The van der Waals surface area contributed by atoms with Crippen molar-refractivity contribution < 1.29 is 14.6 Å². The van der Waals surface area contributed by atoms with E-state index in [1.807, 2.05) is 24.3 Å². The topological polar surface area (TPSA) is 46.5 Å². The maximum Gasteiger partial charge on any atom is 0.315 e. The summed E-state index contributed by atoms with van der Waals surface area (Å²) in [6.07, 6.45) is -0.217. The molecule has 0 radical (unpaired) electrons. The first kappa shape index (κ1) is 11.1. The molecular weight excluding hydrogens is 204 g/mol. The molecule has 3 heteroatoms. The average Bonchev–Trinajstić information content (AvgIpc) is 2.54. The lowest BCUT2D eigenvalue weighted by molar-refractivity contribution is -0.160. The molecule has 0 fully saturated rings. The maximum atomic E-state index is 11.9. The number of fused-ring (bicyclic) bond motifs is 1. The molecule has 16 heavy (non-hydrogen) atoms. The number of carbonyl (C=O) groups is 1. The summed E-state index contributed by atoms with van der Waals surface area (Å²) < 4.78 is 5.03. The van der Waals surface area contributed by atoms with Gasteiger partial charge in [0.25, 0.3) is 0 Å². The third-order valence-corrected chi connectivity index (χ3v) is 3.25. The third-order valence-electron chi connectivity index (χ3n) is 3.25. The third kappa shape index (κ3) is 1.52. The Balaban J connectivity index is 2.32. The van der Waals surface area contributed by atoms with Crippen LogP contribution in [-0.4, -0.2) is 17.7 Å². The maximum absolute atomic E-state index is 11.9. The Bertz CT molecular complexity index is 413. The predicted molar refractivity (Wildman–Crippen MR) is 59.8 cm³/mol. The number of rotatable bonds is 2. The monoisotopic (exact) mass is 220 g/mol. The molecule has 0 saturated carbocycles. The summed E-state index contributed by atoms with van der Waals surface area (Å²) in [6, 6.07) is 7.61. The van der Waals surface area contributed by atoms with Crippen LogP contribution in [0.4, 0.5) is 0 Å². The molecule has 0 aromatic heterocycles. The van der Waals surface area contributed by atoms with Crippen LogP contribution in [0.5, 0.6) is 0 Å². The molecule has 0 heterocycles. The van der Waals surface area contributed by atoms with Crippen molar-refractivity contribution in [1.82, 2.24) is 0 Å². The van der Waals surface area contributed by atoms with Gasteiger partial charge < -0.3 is 9.84 Å². The number of benzene rings is 1. The molecular formula is C13H16O3. The van der Waals surface area contributed by atoms with E-state index in [4.69, 9.17) is 4.74 Å². The van der Waals surface area contributed by atoms with Gasteiger partial charge in [0.1, 0.15) is 0 Å². The lowest BCUT2D eigenvalue weighted by Gasteiger charge is -2.25. The van der Waals surface area contributed by atoms with Gasteiger partial charge in [-0.3, -0.25) is 4.79 Å². The highest BCUT2D eigenvalue weighted by Crippen LogP contribution is 2.46. The quantitative estimate of drug-likeness (QED) is 0.774. The normalized spacial score (nSPS) is 27.6. The standard InChI is InChI=1S/C13H16O3/c1-3-16-12(15)13(2)8-9-6-4-5-7-10(9)11(13)14/h4-7,11,14H,3,8H2,1-2H3. The first-order valence-corrected chi connectivity index (χ1v) is 5.52. The smallest absolute Gasteiger partial charge is 0.315 e. The highest BCUT2D eigenvalue weighted by Gasteiger charge is 2.48. The molecule has 0 bridgehead atoms. The van der Waals surface area contributed by atoms with Gasteiger partial charge in [0, 0.05) is 0 Å². The fraction of sp³-hybridized carbons (Fsp3) is 0.462. The molecule has 0 spiro atoms. The molecule has 2 atom stereocenters. The number of carbonyl (C=O) groups excluding carboxylic acids is 1. The lowest BCUT2D eigenvalue weighted by Crippen LogP contribution is -2.34. The molecule has 0 aliphatic heterocycles. The van der Waals surface area contributed by atoms with Crippen LogP contribution in [0.3, 0.4) is 0 Å². The van der Waals surface area contributed by atoms with Gasteiger partial charge in [0.15, 0.2) is 0 Å². The number of aliphatic hydroxyl groups is 1. The van der Waals surface area contributed by atoms with Crippen molar-refractivity contribution in [2.45, 2.75) is 26.4 Å². The fourth-order valence-corrected chi connectivity index (χ4v) is 2.28. The minimum atomic E-state index is -0.834. The fourth-order valence-electron chi connectivity index (χ4n) is 2.28. The van der Waals surface area contributed by atoms with E-state index in [0.717, 1.165) is 11.1 Å². The summed E-state index contributed by atoms with van der Waals surface area (Å²) in [7, 11) is 0. The number of hydrogen-bond donors (Lipinski definition) is 1. The van der Waals surface area contributed by atoms with Gasteiger partial charge in [-0.25, -0.2) is 0 Å². The summed E-state index contributed by atoms with van der Waals surface area (Å²) in [6.45, 7) is 3.88. The SMILES string of the molecule is CCOC(=O)C1(C)Cc2ccccc2C1O. The van der Waals surface area contributed by atoms with E-state index >= 15 is 0 Å². The molecule has 1 aromatic rings. The van der Waals surface area contributed by atoms with Crippen LogP contribution < -0.4 is 0 Å². The van der Waals surface area contributed by atoms with Crippen LogP contribution in [-0.2, 0) is 16.0 Å². The Labute approximate surface area is 95.0 Å². The Morgan fingerprint density at radius 2 is 2.25 bits per heavy atom. The van der Waals surface area contributed by atoms with Gasteiger partial charge in [-0.15, -0.1) is 0 Å². The number of aliphatic hydroxyl groups excluding tert-OH is 1. The van der Waals surface area contributed by atoms with E-state index in [2.05, 4.69) is 0 Å². The highest BCUT2D eigenvalue weighted by atomic mass is 16.5. The van der Waals surface area contributed by atoms with E-state index in [0.29, 0.717) is 13.0 Å². The molecule has 1 N–H and O–H groups in total. The van der Waals surface area contributed by atoms with Gasteiger partial charge in [0.2, 0.25) is 0 Å². The zero-order valence-corrected chi connectivity index (χ0v) is 9.56. The van der Waals surface area contributed by atoms with Crippen LogP contribution >= 0.6 is 0 Å². The van der Waals surface area contributed by atoms with Crippen molar-refractivity contribution in [3.63, 3.8) is 0 Å². The Kier molecular flexibility index (Phi) is 2.72. The summed E-state index contributed by atoms with van der Waals surface area (Å²) in [5.74, 6) is -0.321. The molecule has 2 rings (SSSR count). The van der Waals surface area contributed by atoms with Crippen LogP contribution in [0.15, 0.2) is 24.3 Å². The minimum absolute atomic E-state index is 0.321. The lowest BCUT2D eigenvalue weighted by atomic mass is 9.85. The van der Waals surface area contributed by atoms with Crippen LogP contribution in [0.25, 0.3) is 0 Å². The Hall–Kier alpha value is -1.35. The molecule has 2 unspecified atom stereocenters. The number of ether oxygens (including phenoxy) is 1. The van der Waals surface area contributed by atoms with Crippen molar-refractivity contribution in [1.29, 1.82) is 0 Å². The molecule has 1 aliphatic carbocycles. The second-order valence-electron chi connectivity index (χ2n) is 4.42. The van der Waals surface area contributed by atoms with Gasteiger partial charge in [-0.05, 0) is 31.4 Å². The van der Waals surface area contributed by atoms with Gasteiger partial charge in [0.05, 0.1) is 18.1 Å². The number of esters is 1. The Morgan fingerprint density at radius 1 is 1.56 bits per heavy atom. The second-order valence-corrected chi connectivity index (χ2v) is 4.42. The minimum Gasteiger partial charge on any atom is -0.465 e. The van der Waals surface area contributed by atoms with Crippen molar-refractivity contribution in [3.05, 3.63) is 35.4 Å². The van der Waals surface area contributed by atoms with Crippen LogP contribution in [0, 0.1) is 5.41 Å². The molecule has 1 aromatic carbocycles. The number of hydrogen-bond acceptors (Lipinski definition) is 3. The van der Waals surface area contributed by atoms with E-state index in [1.54, 1.807) is 13.8 Å². The van der Waals surface area contributed by atoms with Crippen LogP contribution in [0.1, 0.15) is 31.1 Å². The van der Waals surface area contributed by atoms with E-state index in [-0.39, 0.29) is 5.97 Å². The van der Waals surface area contributed by atoms with Gasteiger partial charge in [-0.2, -0.15) is 0 Å². The summed E-state index contributed by atoms with van der Waals surface area (Å²) in [4.78, 5) is 11.9. The molecule has 3 nitrogen and oxygen atoms in total. The second kappa shape index (κ2) is 3.91. The molecule has 1 aliphatic rings. The first-order chi connectivity index (χ1) is 7.59. The van der Waals surface area contributed by atoms with E-state index < -0.39 is 11.5 Å². The molecule has 0 saturated heterocycles. The summed E-state index contributed by atoms with van der Waals surface area (Å²) >= 11 is 0. The van der Waals surface area contributed by atoms with Crippen molar-refractivity contribution in [3.8, 4) is 0 Å². The highest BCUT2D eigenvalue weighted by molar-refractivity contribution is 5.79. The average molecular weight is 220 g/mol.